The summed E-state index contributed by atoms with van der Waals surface area (Å²) < 4.78 is 68.3. The van der Waals surface area contributed by atoms with Gasteiger partial charge in [0.2, 0.25) is 0 Å². The number of hydrogen-bond donors (Lipinski definition) is 3. The number of esters is 4. The number of aliphatic hydroxyl groups is 1. The van der Waals surface area contributed by atoms with Crippen molar-refractivity contribution in [1.29, 1.82) is 0 Å². The Balaban J connectivity index is 5.23. The number of carbonyl (C=O) groups excluding carboxylic acids is 4. The lowest BCUT2D eigenvalue weighted by Crippen LogP contribution is -2.30. The zero-order valence-electron chi connectivity index (χ0n) is 57.4. The molecule has 89 heavy (non-hydrogen) atoms. The number of aliphatic hydroxyl groups excluding tert-OH is 1. The summed E-state index contributed by atoms with van der Waals surface area (Å²) >= 11 is 0. The lowest BCUT2D eigenvalue weighted by atomic mass is 10.0. The van der Waals surface area contributed by atoms with Crippen molar-refractivity contribution in [1.82, 2.24) is 0 Å². The van der Waals surface area contributed by atoms with E-state index in [-0.39, 0.29) is 25.7 Å². The van der Waals surface area contributed by atoms with E-state index in [0.29, 0.717) is 25.7 Å². The number of hydrogen-bond acceptors (Lipinski definition) is 15. The maximum Gasteiger partial charge on any atom is 0.472 e. The van der Waals surface area contributed by atoms with E-state index in [4.69, 9.17) is 37.0 Å². The molecule has 17 nitrogen and oxygen atoms in total. The van der Waals surface area contributed by atoms with Gasteiger partial charge < -0.3 is 33.8 Å². The number of phosphoric ester groups is 2. The van der Waals surface area contributed by atoms with Crippen LogP contribution in [0.3, 0.4) is 0 Å². The molecule has 0 aliphatic carbocycles. The Morgan fingerprint density at radius 3 is 0.663 bits per heavy atom. The predicted molar refractivity (Wildman–Crippen MR) is 359 cm³/mol. The molecule has 0 aliphatic rings. The van der Waals surface area contributed by atoms with Crippen molar-refractivity contribution < 1.29 is 80.2 Å². The predicted octanol–water partition coefficient (Wildman–Crippen LogP) is 20.3. The second kappa shape index (κ2) is 64.8. The van der Waals surface area contributed by atoms with E-state index >= 15 is 0 Å². The Morgan fingerprint density at radius 1 is 0.270 bits per heavy atom. The Labute approximate surface area is 543 Å². The first-order chi connectivity index (χ1) is 43.2. The van der Waals surface area contributed by atoms with Gasteiger partial charge in [-0.05, 0) is 25.7 Å². The van der Waals surface area contributed by atoms with Crippen LogP contribution in [0.5, 0.6) is 0 Å². The van der Waals surface area contributed by atoms with Gasteiger partial charge in [0, 0.05) is 25.7 Å². The van der Waals surface area contributed by atoms with Gasteiger partial charge in [-0.1, -0.05) is 317 Å². The fourth-order valence-corrected chi connectivity index (χ4v) is 12.3. The lowest BCUT2D eigenvalue weighted by Gasteiger charge is -2.21. The van der Waals surface area contributed by atoms with E-state index in [1.165, 1.54) is 199 Å². The second-order valence-electron chi connectivity index (χ2n) is 25.3. The minimum absolute atomic E-state index is 0.108. The summed E-state index contributed by atoms with van der Waals surface area (Å²) in [5.74, 6) is -2.12. The van der Waals surface area contributed by atoms with Crippen molar-refractivity contribution in [3.8, 4) is 0 Å². The molecular formula is C70H136O17P2. The van der Waals surface area contributed by atoms with Gasteiger partial charge in [-0.3, -0.25) is 37.3 Å². The van der Waals surface area contributed by atoms with Gasteiger partial charge in [-0.15, -0.1) is 0 Å². The average molecular weight is 1310 g/mol. The van der Waals surface area contributed by atoms with Crippen molar-refractivity contribution in [2.75, 3.05) is 39.6 Å². The quantitative estimate of drug-likeness (QED) is 0.0222. The van der Waals surface area contributed by atoms with E-state index in [1.54, 1.807) is 0 Å². The first kappa shape index (κ1) is 87.1. The maximum absolute atomic E-state index is 13.0. The highest BCUT2D eigenvalue weighted by molar-refractivity contribution is 7.47. The third-order valence-electron chi connectivity index (χ3n) is 16.4. The molecule has 0 rings (SSSR count). The number of unbranched alkanes of at least 4 members (excludes halogenated alkanes) is 45. The Kier molecular flexibility index (Phi) is 63.3. The molecule has 0 heterocycles. The third kappa shape index (κ3) is 64.6. The van der Waals surface area contributed by atoms with Gasteiger partial charge in [0.05, 0.1) is 26.4 Å². The SMILES string of the molecule is CCCCCCCCCCCCCCCCCC(=O)O[C@H](COC(=O)CCCCCCCCCCCC)COP(=O)(O)OC[C@@H](O)COP(=O)(O)OC[C@@H](COC(=O)CCCCCCCCCCCCC)OC(=O)CCCCCCCCCCCCCCC. The highest BCUT2D eigenvalue weighted by Gasteiger charge is 2.30. The van der Waals surface area contributed by atoms with Crippen molar-refractivity contribution >= 4 is 39.5 Å². The van der Waals surface area contributed by atoms with Crippen LogP contribution in [0.15, 0.2) is 0 Å². The molecule has 0 amide bonds. The maximum atomic E-state index is 13.0. The highest BCUT2D eigenvalue weighted by Crippen LogP contribution is 2.45. The molecule has 5 atom stereocenters. The van der Waals surface area contributed by atoms with Crippen LogP contribution >= 0.6 is 15.6 Å². The van der Waals surface area contributed by atoms with Gasteiger partial charge in [-0.25, -0.2) is 9.13 Å². The van der Waals surface area contributed by atoms with Crippen LogP contribution in [0, 0.1) is 0 Å². The van der Waals surface area contributed by atoms with Crippen molar-refractivity contribution in [2.24, 2.45) is 0 Å². The van der Waals surface area contributed by atoms with Crippen molar-refractivity contribution in [3.63, 3.8) is 0 Å². The first-order valence-corrected chi connectivity index (χ1v) is 39.8. The van der Waals surface area contributed by atoms with Crippen LogP contribution in [0.2, 0.25) is 0 Å². The molecule has 0 aromatic rings. The van der Waals surface area contributed by atoms with Gasteiger partial charge >= 0.3 is 39.5 Å². The molecule has 2 unspecified atom stereocenters. The summed E-state index contributed by atoms with van der Waals surface area (Å²) in [5, 5.41) is 10.6. The topological polar surface area (TPSA) is 237 Å². The standard InChI is InChI=1S/C70H136O17P2/c1-5-9-13-17-21-25-29-31-32-34-37-41-45-49-53-57-70(75)86-65(60-80-67(72)54-50-46-42-38-28-24-20-16-12-8-4)62-84-88(76,77)82-58-64(71)59-83-89(78,79)85-63-66(61-81-68(73)55-51-47-43-39-35-27-23-19-15-11-7-3)87-69(74)56-52-48-44-40-36-33-30-26-22-18-14-10-6-2/h64-66,71H,5-63H2,1-4H3,(H,76,77)(H,78,79)/t64-,65-,66-/m1/s1. The summed E-state index contributed by atoms with van der Waals surface area (Å²) in [6.45, 7) is 4.94. The van der Waals surface area contributed by atoms with Gasteiger partial charge in [-0.2, -0.15) is 0 Å². The van der Waals surface area contributed by atoms with E-state index in [0.717, 1.165) is 89.9 Å². The van der Waals surface area contributed by atoms with E-state index in [1.807, 2.05) is 0 Å². The zero-order valence-corrected chi connectivity index (χ0v) is 59.2. The summed E-state index contributed by atoms with van der Waals surface area (Å²) in [6.07, 6.45) is 52.5. The molecule has 0 radical (unpaired) electrons. The molecule has 0 aromatic carbocycles. The number of phosphoric acid groups is 2. The van der Waals surface area contributed by atoms with Crippen LogP contribution in [0.1, 0.15) is 368 Å². The lowest BCUT2D eigenvalue weighted by molar-refractivity contribution is -0.161. The number of rotatable bonds is 71. The molecule has 0 fully saturated rings. The van der Waals surface area contributed by atoms with E-state index < -0.39 is 97.5 Å². The fraction of sp³-hybridized carbons (Fsp3) is 0.943. The Hall–Kier alpha value is -1.94. The molecule has 0 saturated heterocycles. The second-order valence-corrected chi connectivity index (χ2v) is 28.2. The molecule has 19 heteroatoms. The smallest absolute Gasteiger partial charge is 0.462 e. The number of carbonyl (C=O) groups is 4. The summed E-state index contributed by atoms with van der Waals surface area (Å²) in [7, 11) is -9.90. The molecule has 0 aliphatic heterocycles. The third-order valence-corrected chi connectivity index (χ3v) is 18.3. The zero-order chi connectivity index (χ0) is 65.4. The van der Waals surface area contributed by atoms with E-state index in [9.17, 15) is 43.2 Å². The van der Waals surface area contributed by atoms with Gasteiger partial charge in [0.1, 0.15) is 19.3 Å². The summed E-state index contributed by atoms with van der Waals surface area (Å²) in [4.78, 5) is 72.5. The van der Waals surface area contributed by atoms with Gasteiger partial charge in [0.25, 0.3) is 0 Å². The van der Waals surface area contributed by atoms with Crippen LogP contribution < -0.4 is 0 Å². The fourth-order valence-electron chi connectivity index (χ4n) is 10.7. The van der Waals surface area contributed by atoms with E-state index in [2.05, 4.69) is 27.7 Å². The molecule has 3 N–H and O–H groups in total. The first-order valence-electron chi connectivity index (χ1n) is 36.8. The average Bonchev–Trinajstić information content (AvgIpc) is 3.72. The van der Waals surface area contributed by atoms with Crippen LogP contribution in [0.4, 0.5) is 0 Å². The van der Waals surface area contributed by atoms with Crippen LogP contribution in [-0.4, -0.2) is 96.7 Å². The molecule has 0 aromatic heterocycles. The molecule has 0 bridgehead atoms. The minimum atomic E-state index is -4.95. The number of ether oxygens (including phenoxy) is 4. The minimum Gasteiger partial charge on any atom is -0.462 e. The molecule has 0 saturated carbocycles. The van der Waals surface area contributed by atoms with Crippen molar-refractivity contribution in [2.45, 2.75) is 386 Å². The molecule has 0 spiro atoms. The molecule has 528 valence electrons. The van der Waals surface area contributed by atoms with Crippen LogP contribution in [0.25, 0.3) is 0 Å². The highest BCUT2D eigenvalue weighted by atomic mass is 31.2. The normalized spacial score (nSPS) is 14.0. The van der Waals surface area contributed by atoms with Crippen LogP contribution in [-0.2, 0) is 65.4 Å². The largest absolute Gasteiger partial charge is 0.472 e. The Bertz CT molecular complexity index is 1710. The summed E-state index contributed by atoms with van der Waals surface area (Å²) in [6, 6.07) is 0. The molecular weight excluding hydrogens is 1170 g/mol. The summed E-state index contributed by atoms with van der Waals surface area (Å²) in [5.41, 5.74) is 0. The monoisotopic (exact) mass is 1310 g/mol. The van der Waals surface area contributed by atoms with Gasteiger partial charge in [0.15, 0.2) is 12.2 Å². The van der Waals surface area contributed by atoms with Crippen molar-refractivity contribution in [3.05, 3.63) is 0 Å². The Morgan fingerprint density at radius 2 is 0.449 bits per heavy atom.